The van der Waals surface area contributed by atoms with Crippen molar-refractivity contribution in [1.82, 2.24) is 0 Å². The summed E-state index contributed by atoms with van der Waals surface area (Å²) in [6, 6.07) is 25.3. The lowest BCUT2D eigenvalue weighted by Crippen LogP contribution is -2.00. The molecule has 3 rings (SSSR count). The summed E-state index contributed by atoms with van der Waals surface area (Å²) in [6.07, 6.45) is 1.45. The Labute approximate surface area is 154 Å². The fourth-order valence-corrected chi connectivity index (χ4v) is 2.90. The Balaban J connectivity index is 0.000000254. The Kier molecular flexibility index (Phi) is 6.72. The predicted octanol–water partition coefficient (Wildman–Crippen LogP) is 4.65. The first-order valence-electron chi connectivity index (χ1n) is 7.98. The van der Waals surface area contributed by atoms with Crippen LogP contribution in [0.5, 0.6) is 0 Å². The maximum atomic E-state index is 11.4. The molecule has 0 aliphatic heterocycles. The highest BCUT2D eigenvalue weighted by Gasteiger charge is 2.15. The van der Waals surface area contributed by atoms with Gasteiger partial charge in [-0.25, -0.2) is 0 Å². The molecule has 3 N–H and O–H groups in total. The number of nitrogen functional groups attached to an aromatic ring is 1. The lowest BCUT2D eigenvalue weighted by atomic mass is 10.1. The average Bonchev–Trinajstić information content (AvgIpc) is 2.63. The maximum absolute atomic E-state index is 11.4. The summed E-state index contributed by atoms with van der Waals surface area (Å²) >= 11 is 0. The third kappa shape index (κ3) is 6.20. The number of hydrogen-bond donors (Lipinski definition) is 2. The molecule has 26 heavy (non-hydrogen) atoms. The summed E-state index contributed by atoms with van der Waals surface area (Å²) in [5, 5.41) is 0. The van der Waals surface area contributed by atoms with Crippen LogP contribution in [0.25, 0.3) is 11.0 Å². The molecule has 0 heterocycles. The Morgan fingerprint density at radius 1 is 0.846 bits per heavy atom. The quantitative estimate of drug-likeness (QED) is 0.401. The van der Waals surface area contributed by atoms with Crippen molar-refractivity contribution in [3.63, 3.8) is 0 Å². The summed E-state index contributed by atoms with van der Waals surface area (Å²) in [6.45, 7) is 2.04. The van der Waals surface area contributed by atoms with Gasteiger partial charge >= 0.3 is 0 Å². The molecule has 0 saturated heterocycles. The molecule has 0 aromatic heterocycles. The van der Waals surface area contributed by atoms with Gasteiger partial charge in [-0.3, -0.25) is 4.55 Å². The van der Waals surface area contributed by atoms with Crippen molar-refractivity contribution in [2.45, 2.75) is 6.92 Å². The minimum absolute atomic E-state index is 0.102. The molecule has 0 fully saturated rings. The standard InChI is InChI=1S/C14H12O3S.C7H9N/c15-18(16,17)14(13-9-5-2-6-10-13)11-12-7-3-1-4-8-12;1-6-2-4-7(8)5-3-6/h1-11H,(H,15,16,17);2-5H,8H2,1H3. The second-order valence-corrected chi connectivity index (χ2v) is 7.06. The van der Waals surface area contributed by atoms with Gasteiger partial charge in [-0.15, -0.1) is 0 Å². The van der Waals surface area contributed by atoms with E-state index in [0.717, 1.165) is 5.69 Å². The average molecular weight is 367 g/mol. The van der Waals surface area contributed by atoms with Crippen LogP contribution in [-0.2, 0) is 10.1 Å². The molecule has 3 aromatic carbocycles. The summed E-state index contributed by atoms with van der Waals surface area (Å²) in [7, 11) is -4.26. The fraction of sp³-hybridized carbons (Fsp3) is 0.0476. The second kappa shape index (κ2) is 8.99. The van der Waals surface area contributed by atoms with Gasteiger partial charge in [-0.1, -0.05) is 78.4 Å². The normalized spacial score (nSPS) is 11.4. The maximum Gasteiger partial charge on any atom is 0.295 e. The van der Waals surface area contributed by atoms with Crippen molar-refractivity contribution in [2.24, 2.45) is 0 Å². The second-order valence-electron chi connectivity index (χ2n) is 5.67. The monoisotopic (exact) mass is 367 g/mol. The van der Waals surface area contributed by atoms with Gasteiger partial charge in [0.15, 0.2) is 0 Å². The van der Waals surface area contributed by atoms with Crippen LogP contribution < -0.4 is 5.73 Å². The summed E-state index contributed by atoms with van der Waals surface area (Å²) in [5.74, 6) is 0. The molecule has 4 nitrogen and oxygen atoms in total. The number of hydrogen-bond acceptors (Lipinski definition) is 3. The van der Waals surface area contributed by atoms with E-state index in [0.29, 0.717) is 11.1 Å². The van der Waals surface area contributed by atoms with Crippen molar-refractivity contribution in [3.8, 4) is 0 Å². The Hall–Kier alpha value is -2.89. The molecule has 0 spiro atoms. The van der Waals surface area contributed by atoms with Gasteiger partial charge in [0.05, 0.1) is 0 Å². The molecule has 0 atom stereocenters. The number of anilines is 1. The number of rotatable bonds is 3. The molecule has 0 amide bonds. The van der Waals surface area contributed by atoms with Gasteiger partial charge in [-0.05, 0) is 36.3 Å². The molecule has 5 heteroatoms. The molecule has 0 unspecified atom stereocenters. The summed E-state index contributed by atoms with van der Waals surface area (Å²) in [5.41, 5.74) is 8.68. The van der Waals surface area contributed by atoms with Crippen molar-refractivity contribution in [1.29, 1.82) is 0 Å². The number of nitrogens with two attached hydrogens (primary N) is 1. The van der Waals surface area contributed by atoms with Gasteiger partial charge in [-0.2, -0.15) is 8.42 Å². The van der Waals surface area contributed by atoms with E-state index >= 15 is 0 Å². The zero-order valence-corrected chi connectivity index (χ0v) is 15.2. The highest BCUT2D eigenvalue weighted by atomic mass is 32.2. The highest BCUT2D eigenvalue weighted by molar-refractivity contribution is 7.95. The fourth-order valence-electron chi connectivity index (χ4n) is 2.18. The molecule has 0 aliphatic rings. The van der Waals surface area contributed by atoms with Crippen molar-refractivity contribution in [3.05, 3.63) is 102 Å². The topological polar surface area (TPSA) is 80.4 Å². The molecule has 0 bridgehead atoms. The van der Waals surface area contributed by atoms with E-state index in [-0.39, 0.29) is 4.91 Å². The molecular weight excluding hydrogens is 346 g/mol. The van der Waals surface area contributed by atoms with Crippen molar-refractivity contribution < 1.29 is 13.0 Å². The van der Waals surface area contributed by atoms with Gasteiger partial charge in [0, 0.05) is 5.69 Å². The van der Waals surface area contributed by atoms with Crippen LogP contribution in [0.3, 0.4) is 0 Å². The summed E-state index contributed by atoms with van der Waals surface area (Å²) in [4.78, 5) is -0.102. The smallest absolute Gasteiger partial charge is 0.295 e. The minimum atomic E-state index is -4.26. The van der Waals surface area contributed by atoms with Gasteiger partial charge in [0.25, 0.3) is 10.1 Å². The summed E-state index contributed by atoms with van der Waals surface area (Å²) < 4.78 is 32.1. The SMILES string of the molecule is Cc1ccc(N)cc1.O=S(=O)(O)C(=Cc1ccccc1)c1ccccc1. The van der Waals surface area contributed by atoms with Crippen LogP contribution in [0.15, 0.2) is 84.9 Å². The van der Waals surface area contributed by atoms with E-state index in [2.05, 4.69) is 0 Å². The molecule has 0 aliphatic carbocycles. The van der Waals surface area contributed by atoms with Crippen LogP contribution in [0.2, 0.25) is 0 Å². The minimum Gasteiger partial charge on any atom is -0.399 e. The van der Waals surface area contributed by atoms with Gasteiger partial charge in [0.2, 0.25) is 0 Å². The molecule has 134 valence electrons. The zero-order valence-electron chi connectivity index (χ0n) is 14.4. The predicted molar refractivity (Wildman–Crippen MR) is 108 cm³/mol. The molecule has 0 saturated carbocycles. The van der Waals surface area contributed by atoms with E-state index in [1.165, 1.54) is 11.6 Å². The van der Waals surface area contributed by atoms with E-state index in [1.807, 2.05) is 37.3 Å². The van der Waals surface area contributed by atoms with Crippen molar-refractivity contribution in [2.75, 3.05) is 5.73 Å². The Bertz CT molecular complexity index is 928. The first kappa shape index (κ1) is 19.4. The van der Waals surface area contributed by atoms with E-state index in [4.69, 9.17) is 5.73 Å². The van der Waals surface area contributed by atoms with E-state index in [9.17, 15) is 13.0 Å². The first-order valence-corrected chi connectivity index (χ1v) is 9.42. The lowest BCUT2D eigenvalue weighted by Gasteiger charge is -2.04. The lowest BCUT2D eigenvalue weighted by molar-refractivity contribution is 0.496. The van der Waals surface area contributed by atoms with E-state index in [1.54, 1.807) is 54.6 Å². The van der Waals surface area contributed by atoms with Crippen LogP contribution in [-0.4, -0.2) is 13.0 Å². The van der Waals surface area contributed by atoms with Gasteiger partial charge < -0.3 is 5.73 Å². The largest absolute Gasteiger partial charge is 0.399 e. The first-order chi connectivity index (χ1) is 12.4. The van der Waals surface area contributed by atoms with Crippen LogP contribution in [0, 0.1) is 6.92 Å². The van der Waals surface area contributed by atoms with Crippen LogP contribution in [0.1, 0.15) is 16.7 Å². The van der Waals surface area contributed by atoms with E-state index < -0.39 is 10.1 Å². The third-order valence-electron chi connectivity index (χ3n) is 3.51. The molecule has 0 radical (unpaired) electrons. The zero-order chi connectivity index (χ0) is 19.0. The molecule has 3 aromatic rings. The number of aryl methyl sites for hydroxylation is 1. The van der Waals surface area contributed by atoms with Crippen LogP contribution >= 0.6 is 0 Å². The highest BCUT2D eigenvalue weighted by Crippen LogP contribution is 2.22. The Morgan fingerprint density at radius 2 is 1.35 bits per heavy atom. The number of benzene rings is 3. The van der Waals surface area contributed by atoms with Crippen LogP contribution in [0.4, 0.5) is 5.69 Å². The Morgan fingerprint density at radius 3 is 1.81 bits per heavy atom. The van der Waals surface area contributed by atoms with Crippen molar-refractivity contribution >= 4 is 26.8 Å². The molecular formula is C21H21NO3S. The van der Waals surface area contributed by atoms with Gasteiger partial charge in [0.1, 0.15) is 4.91 Å². The third-order valence-corrected chi connectivity index (χ3v) is 4.42.